The lowest BCUT2D eigenvalue weighted by atomic mass is 9.95. The average Bonchev–Trinajstić information content (AvgIpc) is 3.29. The zero-order valence-electron chi connectivity index (χ0n) is 21.6. The van der Waals surface area contributed by atoms with Crippen LogP contribution in [0.2, 0.25) is 0 Å². The zero-order chi connectivity index (χ0) is 25.0. The third-order valence-corrected chi connectivity index (χ3v) is 6.83. The number of aromatic nitrogens is 1. The quantitative estimate of drug-likeness (QED) is 0.455. The van der Waals surface area contributed by atoms with Gasteiger partial charge in [-0.3, -0.25) is 9.79 Å². The molecule has 35 heavy (non-hydrogen) atoms. The number of hydrogen-bond donors (Lipinski definition) is 2. The first-order chi connectivity index (χ1) is 17.0. The van der Waals surface area contributed by atoms with Gasteiger partial charge in [0.2, 0.25) is 0 Å². The number of aliphatic imine (C=N–C) groups is 1. The van der Waals surface area contributed by atoms with Crippen molar-refractivity contribution in [1.82, 2.24) is 20.5 Å². The van der Waals surface area contributed by atoms with Crippen molar-refractivity contribution < 1.29 is 7.65 Å². The van der Waals surface area contributed by atoms with Gasteiger partial charge in [0.25, 0.3) is 5.91 Å². The largest absolute Gasteiger partial charge is 0.368 e. The van der Waals surface area contributed by atoms with E-state index < -0.39 is 0 Å². The average molecular weight is 478 g/mol. The molecule has 1 aromatic carbocycles. The Kier molecular flexibility index (Phi) is 10.3. The molecule has 1 aliphatic carbocycles. The van der Waals surface area contributed by atoms with Crippen LogP contribution >= 0.6 is 0 Å². The van der Waals surface area contributed by atoms with Crippen molar-refractivity contribution in [3.8, 4) is 11.1 Å². The topological polar surface area (TPSA) is 69.6 Å². The third-order valence-electron chi connectivity index (χ3n) is 6.83. The maximum atomic E-state index is 11.6. The molecule has 1 atom stereocenters. The highest BCUT2D eigenvalue weighted by Crippen LogP contribution is 2.18. The van der Waals surface area contributed by atoms with Gasteiger partial charge in [-0.25, -0.2) is 4.98 Å². The Hall–Kier alpha value is -3.17. The number of nitrogens with one attached hydrogen (secondary N) is 2. The number of carbonyl (C=O) groups is 1. The molecule has 6 heteroatoms. The first-order valence-electron chi connectivity index (χ1n) is 12.7. The van der Waals surface area contributed by atoms with Gasteiger partial charge in [0.1, 0.15) is 11.5 Å². The van der Waals surface area contributed by atoms with Crippen molar-refractivity contribution in [3.05, 3.63) is 59.9 Å². The van der Waals surface area contributed by atoms with Gasteiger partial charge in [0.15, 0.2) is 0 Å². The van der Waals surface area contributed by atoms with E-state index in [1.165, 1.54) is 51.5 Å². The molecule has 1 aliphatic heterocycles. The van der Waals surface area contributed by atoms with Crippen LogP contribution < -0.4 is 10.6 Å². The molecule has 2 heterocycles. The van der Waals surface area contributed by atoms with Crippen molar-refractivity contribution in [2.75, 3.05) is 27.7 Å². The summed E-state index contributed by atoms with van der Waals surface area (Å²) in [4.78, 5) is 22.8. The first kappa shape index (κ1) is 26.4. The van der Waals surface area contributed by atoms with Crippen LogP contribution in [0.15, 0.2) is 41.5 Å². The number of benzene rings is 1. The van der Waals surface area contributed by atoms with E-state index in [4.69, 9.17) is 0 Å². The lowest BCUT2D eigenvalue weighted by Crippen LogP contribution is -2.35. The summed E-state index contributed by atoms with van der Waals surface area (Å²) in [7, 11) is 5.61. The fourth-order valence-electron chi connectivity index (χ4n) is 4.38. The molecule has 2 N–H and O–H groups in total. The standard InChI is InChI=1S/C23H26N4O.C6H13N.2H2/c1-24-22(27-21-6-4-3-5-7-21)15-14-20-13-12-19(16-26-20)17-8-10-18(11-9-17)23(28)25-2;1-6-4-3-5-7(6)2;;/h8-11,14-16,21H,3-7H2,1-2H3,(H,24,27)(H,25,28);6H,3-5H2,1-2H3;2*1H/b15-14-;;;. The van der Waals surface area contributed by atoms with Gasteiger partial charge >= 0.3 is 0 Å². The van der Waals surface area contributed by atoms with Crippen molar-refractivity contribution in [1.29, 1.82) is 0 Å². The van der Waals surface area contributed by atoms with Crippen molar-refractivity contribution in [2.24, 2.45) is 4.99 Å². The van der Waals surface area contributed by atoms with E-state index in [1.54, 1.807) is 32.4 Å². The van der Waals surface area contributed by atoms with Gasteiger partial charge in [0.05, 0.1) is 5.56 Å². The second-order valence-electron chi connectivity index (χ2n) is 9.36. The van der Waals surface area contributed by atoms with Crippen molar-refractivity contribution in [2.45, 2.75) is 64.0 Å². The number of carbonyl (C=O) groups excluding carboxylic acids is 1. The molecule has 4 rings (SSSR count). The number of hydrogen-bond acceptors (Lipinski definition) is 4. The number of amidine groups is 1. The minimum atomic E-state index is -0.101. The van der Waals surface area contributed by atoms with Crippen LogP contribution in [-0.4, -0.2) is 61.4 Å². The Morgan fingerprint density at radius 3 is 2.40 bits per heavy atom. The Morgan fingerprint density at radius 2 is 1.89 bits per heavy atom. The Bertz CT molecular complexity index is 978. The van der Waals surface area contributed by atoms with Gasteiger partial charge in [-0.2, -0.15) is 0 Å². The lowest BCUT2D eigenvalue weighted by molar-refractivity contribution is 0.0963. The van der Waals surface area contributed by atoms with E-state index in [0.717, 1.165) is 23.0 Å². The van der Waals surface area contributed by atoms with Gasteiger partial charge in [-0.1, -0.05) is 37.5 Å². The normalized spacial score (nSPS) is 19.1. The summed E-state index contributed by atoms with van der Waals surface area (Å²) >= 11 is 0. The molecule has 1 unspecified atom stereocenters. The second-order valence-corrected chi connectivity index (χ2v) is 9.36. The molecule has 1 amide bonds. The minimum Gasteiger partial charge on any atom is -0.368 e. The van der Waals surface area contributed by atoms with E-state index in [1.807, 2.05) is 24.3 Å². The third kappa shape index (κ3) is 8.22. The smallest absolute Gasteiger partial charge is 0.251 e. The number of nitrogens with zero attached hydrogens (tertiary/aromatic N) is 3. The van der Waals surface area contributed by atoms with E-state index >= 15 is 0 Å². The van der Waals surface area contributed by atoms with Crippen molar-refractivity contribution >= 4 is 17.8 Å². The summed E-state index contributed by atoms with van der Waals surface area (Å²) < 4.78 is 0. The molecule has 2 aromatic rings. The Morgan fingerprint density at radius 1 is 1.14 bits per heavy atom. The summed E-state index contributed by atoms with van der Waals surface area (Å²) in [5.74, 6) is 0.770. The molecule has 0 bridgehead atoms. The molecule has 0 spiro atoms. The molecule has 6 nitrogen and oxygen atoms in total. The fourth-order valence-corrected chi connectivity index (χ4v) is 4.38. The first-order valence-corrected chi connectivity index (χ1v) is 12.7. The van der Waals surface area contributed by atoms with Crippen LogP contribution in [0.3, 0.4) is 0 Å². The molecular weight excluding hydrogens is 434 g/mol. The lowest BCUT2D eigenvalue weighted by Gasteiger charge is -2.23. The minimum absolute atomic E-state index is 0. The maximum Gasteiger partial charge on any atom is 0.251 e. The number of likely N-dealkylation sites (tertiary alicyclic amines) is 1. The SMILES string of the molecule is CC1CCCN1C.CN=C(/C=C\c1c#cc(-c2ccc(C(=O)NC)cc2)cn1)NC1CCCCC1.[HH].[HH]. The predicted molar refractivity (Wildman–Crippen MR) is 149 cm³/mol. The van der Waals surface area contributed by atoms with Crippen LogP contribution in [-0.2, 0) is 0 Å². The molecule has 1 aromatic heterocycles. The molecule has 2 aliphatic rings. The number of amides is 1. The van der Waals surface area contributed by atoms with Gasteiger partial charge < -0.3 is 15.5 Å². The van der Waals surface area contributed by atoms with Crippen LogP contribution in [0.4, 0.5) is 0 Å². The molecule has 190 valence electrons. The Balaban J connectivity index is 0.000000660. The zero-order valence-corrected chi connectivity index (χ0v) is 21.6. The van der Waals surface area contributed by atoms with E-state index in [2.05, 4.69) is 51.6 Å². The summed E-state index contributed by atoms with van der Waals surface area (Å²) in [5, 5.41) is 6.12. The summed E-state index contributed by atoms with van der Waals surface area (Å²) in [6.07, 6.45) is 14.7. The molecular formula is C29H43N5O. The monoisotopic (exact) mass is 477 g/mol. The van der Waals surface area contributed by atoms with Crippen LogP contribution in [0.5, 0.6) is 0 Å². The Labute approximate surface area is 213 Å². The molecule has 1 saturated heterocycles. The predicted octanol–water partition coefficient (Wildman–Crippen LogP) is 5.26. The van der Waals surface area contributed by atoms with Crippen LogP contribution in [0.1, 0.15) is 70.8 Å². The highest BCUT2D eigenvalue weighted by molar-refractivity contribution is 5.96. The fraction of sp³-hybridized carbons (Fsp3) is 0.483. The second kappa shape index (κ2) is 13.7. The summed E-state index contributed by atoms with van der Waals surface area (Å²) in [6, 6.07) is 14.9. The van der Waals surface area contributed by atoms with E-state index in [-0.39, 0.29) is 8.76 Å². The van der Waals surface area contributed by atoms with Crippen molar-refractivity contribution in [3.63, 3.8) is 0 Å². The highest BCUT2D eigenvalue weighted by atomic mass is 16.1. The van der Waals surface area contributed by atoms with Crippen LogP contribution in [0.25, 0.3) is 17.2 Å². The summed E-state index contributed by atoms with van der Waals surface area (Å²) in [6.45, 7) is 3.59. The van der Waals surface area contributed by atoms with Gasteiger partial charge in [-0.05, 0) is 82.1 Å². The van der Waals surface area contributed by atoms with Gasteiger partial charge in [-0.15, -0.1) is 0 Å². The maximum absolute atomic E-state index is 11.6. The summed E-state index contributed by atoms with van der Waals surface area (Å²) in [5.41, 5.74) is 3.11. The number of rotatable bonds is 5. The molecule has 1 saturated carbocycles. The van der Waals surface area contributed by atoms with E-state index in [0.29, 0.717) is 17.3 Å². The molecule has 0 radical (unpaired) electrons. The van der Waals surface area contributed by atoms with Gasteiger partial charge in [0, 0.05) is 40.8 Å². The highest BCUT2D eigenvalue weighted by Gasteiger charge is 2.14. The van der Waals surface area contributed by atoms with Crippen LogP contribution in [0, 0.1) is 12.1 Å². The van der Waals surface area contributed by atoms with E-state index in [9.17, 15) is 4.79 Å². The molecule has 2 fully saturated rings.